The standard InChI is InChI=1S/C23H24ClN3O6/c24-17-11-18-21(27-23(25-18)33-15-6-4-13(5-7-15)22(28)29)26-20(17)14-2-1-3-16(10-14)32-12-19-30-8-9-31-19/h1-3,10-11,13,15,19H,4-9,12H2,(H,28,29)(H,25,26,27). The summed E-state index contributed by atoms with van der Waals surface area (Å²) in [4.78, 5) is 23.4. The van der Waals surface area contributed by atoms with Crippen molar-refractivity contribution >= 4 is 28.7 Å². The molecule has 0 unspecified atom stereocenters. The Morgan fingerprint density at radius 1 is 1.15 bits per heavy atom. The summed E-state index contributed by atoms with van der Waals surface area (Å²) in [5, 5.41) is 9.62. The number of rotatable bonds is 7. The van der Waals surface area contributed by atoms with Gasteiger partial charge in [0, 0.05) is 5.56 Å². The zero-order valence-corrected chi connectivity index (χ0v) is 18.6. The molecule has 10 heteroatoms. The first-order valence-corrected chi connectivity index (χ1v) is 11.3. The number of hydrogen-bond acceptors (Lipinski definition) is 7. The van der Waals surface area contributed by atoms with Crippen LogP contribution in [0.3, 0.4) is 0 Å². The van der Waals surface area contributed by atoms with Gasteiger partial charge in [-0.3, -0.25) is 4.79 Å². The van der Waals surface area contributed by atoms with Crippen LogP contribution in [0.15, 0.2) is 30.3 Å². The molecule has 0 amide bonds. The van der Waals surface area contributed by atoms with Gasteiger partial charge >= 0.3 is 5.97 Å². The molecule has 0 atom stereocenters. The van der Waals surface area contributed by atoms with Crippen LogP contribution in [0.2, 0.25) is 5.02 Å². The number of aliphatic carboxylic acids is 1. The van der Waals surface area contributed by atoms with E-state index < -0.39 is 5.97 Å². The predicted molar refractivity (Wildman–Crippen MR) is 120 cm³/mol. The summed E-state index contributed by atoms with van der Waals surface area (Å²) in [5.74, 6) is -0.368. The van der Waals surface area contributed by atoms with Crippen LogP contribution in [-0.4, -0.2) is 58.2 Å². The Bertz CT molecular complexity index is 1140. The first-order chi connectivity index (χ1) is 16.0. The van der Waals surface area contributed by atoms with Gasteiger partial charge in [0.1, 0.15) is 18.5 Å². The number of nitrogens with zero attached hydrogens (tertiary/aromatic N) is 2. The van der Waals surface area contributed by atoms with E-state index in [1.165, 1.54) is 0 Å². The fraction of sp³-hybridized carbons (Fsp3) is 0.435. The van der Waals surface area contributed by atoms with Gasteiger partial charge in [0.15, 0.2) is 11.9 Å². The number of carboxylic acid groups (broad SMARTS) is 1. The second-order valence-corrected chi connectivity index (χ2v) is 8.58. The van der Waals surface area contributed by atoms with E-state index in [4.69, 9.17) is 35.7 Å². The molecule has 174 valence electrons. The third kappa shape index (κ3) is 5.05. The van der Waals surface area contributed by atoms with E-state index in [0.717, 1.165) is 5.56 Å². The minimum atomic E-state index is -0.738. The van der Waals surface area contributed by atoms with Crippen molar-refractivity contribution < 1.29 is 28.8 Å². The molecule has 0 bridgehead atoms. The number of aromatic amines is 1. The number of hydrogen-bond donors (Lipinski definition) is 2. The fourth-order valence-corrected chi connectivity index (χ4v) is 4.40. The Morgan fingerprint density at radius 3 is 2.70 bits per heavy atom. The molecule has 1 aliphatic heterocycles. The lowest BCUT2D eigenvalue weighted by Crippen LogP contribution is -2.28. The summed E-state index contributed by atoms with van der Waals surface area (Å²) < 4.78 is 22.6. The zero-order chi connectivity index (χ0) is 22.8. The molecule has 2 N–H and O–H groups in total. The van der Waals surface area contributed by atoms with Crippen LogP contribution < -0.4 is 9.47 Å². The molecular formula is C23H24ClN3O6. The van der Waals surface area contributed by atoms with Crippen molar-refractivity contribution in [1.29, 1.82) is 0 Å². The molecule has 2 aromatic heterocycles. The average Bonchev–Trinajstić information content (AvgIpc) is 3.47. The van der Waals surface area contributed by atoms with Crippen molar-refractivity contribution in [2.24, 2.45) is 5.92 Å². The molecule has 1 saturated carbocycles. The number of nitrogens with one attached hydrogen (secondary N) is 1. The summed E-state index contributed by atoms with van der Waals surface area (Å²) in [6.45, 7) is 1.46. The second kappa shape index (κ2) is 9.54. The Balaban J connectivity index is 1.30. The SMILES string of the molecule is O=C(O)C1CCC(Oc2nc3nc(-c4cccc(OCC5OCCO5)c4)c(Cl)cc3[nH]2)CC1. The number of benzene rings is 1. The maximum absolute atomic E-state index is 11.1. The summed E-state index contributed by atoms with van der Waals surface area (Å²) >= 11 is 6.53. The lowest BCUT2D eigenvalue weighted by Gasteiger charge is -2.25. The molecule has 2 aliphatic rings. The van der Waals surface area contributed by atoms with Crippen molar-refractivity contribution in [3.05, 3.63) is 35.4 Å². The van der Waals surface area contributed by atoms with Crippen LogP contribution in [0.1, 0.15) is 25.7 Å². The first kappa shape index (κ1) is 21.9. The van der Waals surface area contributed by atoms with E-state index in [0.29, 0.717) is 79.1 Å². The quantitative estimate of drug-likeness (QED) is 0.528. The van der Waals surface area contributed by atoms with Crippen LogP contribution in [0.5, 0.6) is 11.8 Å². The Morgan fingerprint density at radius 2 is 1.94 bits per heavy atom. The molecule has 3 heterocycles. The van der Waals surface area contributed by atoms with Crippen molar-refractivity contribution in [3.8, 4) is 23.0 Å². The van der Waals surface area contributed by atoms with E-state index >= 15 is 0 Å². The summed E-state index contributed by atoms with van der Waals surface area (Å²) in [5.41, 5.74) is 2.54. The molecule has 1 saturated heterocycles. The van der Waals surface area contributed by atoms with Gasteiger partial charge in [-0.25, -0.2) is 4.98 Å². The van der Waals surface area contributed by atoms with Gasteiger partial charge in [-0.2, -0.15) is 4.98 Å². The number of pyridine rings is 1. The monoisotopic (exact) mass is 473 g/mol. The highest BCUT2D eigenvalue weighted by molar-refractivity contribution is 6.33. The van der Waals surface area contributed by atoms with Crippen molar-refractivity contribution in [2.75, 3.05) is 19.8 Å². The highest BCUT2D eigenvalue weighted by atomic mass is 35.5. The van der Waals surface area contributed by atoms with Gasteiger partial charge in [0.05, 0.1) is 35.4 Å². The lowest BCUT2D eigenvalue weighted by atomic mass is 9.87. The van der Waals surface area contributed by atoms with Gasteiger partial charge < -0.3 is 29.0 Å². The smallest absolute Gasteiger partial charge is 0.306 e. The molecule has 5 rings (SSSR count). The lowest BCUT2D eigenvalue weighted by molar-refractivity contribution is -0.143. The minimum Gasteiger partial charge on any atom is -0.488 e. The molecule has 1 aliphatic carbocycles. The number of aromatic nitrogens is 3. The molecule has 1 aromatic carbocycles. The maximum Gasteiger partial charge on any atom is 0.306 e. The normalized spacial score (nSPS) is 21.4. The molecule has 0 radical (unpaired) electrons. The highest BCUT2D eigenvalue weighted by Crippen LogP contribution is 2.32. The predicted octanol–water partition coefficient (Wildman–Crippen LogP) is 4.05. The van der Waals surface area contributed by atoms with E-state index in [1.54, 1.807) is 6.07 Å². The summed E-state index contributed by atoms with van der Waals surface area (Å²) in [6.07, 6.45) is 2.14. The van der Waals surface area contributed by atoms with Gasteiger partial charge in [0.2, 0.25) is 0 Å². The number of halogens is 1. The largest absolute Gasteiger partial charge is 0.488 e. The van der Waals surface area contributed by atoms with Crippen LogP contribution >= 0.6 is 11.6 Å². The fourth-order valence-electron chi connectivity index (χ4n) is 4.14. The number of fused-ring (bicyclic) bond motifs is 1. The Kier molecular flexibility index (Phi) is 6.34. The number of H-pyrrole nitrogens is 1. The van der Waals surface area contributed by atoms with Gasteiger partial charge in [0.25, 0.3) is 6.01 Å². The maximum atomic E-state index is 11.1. The third-order valence-corrected chi connectivity index (χ3v) is 6.18. The number of ether oxygens (including phenoxy) is 4. The van der Waals surface area contributed by atoms with Crippen molar-refractivity contribution in [2.45, 2.75) is 38.1 Å². The molecule has 3 aromatic rings. The van der Waals surface area contributed by atoms with E-state index in [1.807, 2.05) is 24.3 Å². The minimum absolute atomic E-state index is 0.0715. The Hall–Kier alpha value is -2.88. The van der Waals surface area contributed by atoms with Crippen LogP contribution in [0.25, 0.3) is 22.4 Å². The molecule has 33 heavy (non-hydrogen) atoms. The van der Waals surface area contributed by atoms with Crippen molar-refractivity contribution in [3.63, 3.8) is 0 Å². The van der Waals surface area contributed by atoms with Crippen molar-refractivity contribution in [1.82, 2.24) is 15.0 Å². The van der Waals surface area contributed by atoms with E-state index in [9.17, 15) is 4.79 Å². The van der Waals surface area contributed by atoms with Gasteiger partial charge in [-0.1, -0.05) is 23.7 Å². The summed E-state index contributed by atoms with van der Waals surface area (Å²) in [6, 6.07) is 9.62. The number of imidazole rings is 1. The first-order valence-electron chi connectivity index (χ1n) is 11.0. The zero-order valence-electron chi connectivity index (χ0n) is 17.8. The van der Waals surface area contributed by atoms with Gasteiger partial charge in [-0.05, 0) is 43.9 Å². The highest BCUT2D eigenvalue weighted by Gasteiger charge is 2.27. The number of carbonyl (C=O) groups is 1. The topological polar surface area (TPSA) is 116 Å². The molecule has 2 fully saturated rings. The molecule has 0 spiro atoms. The van der Waals surface area contributed by atoms with Crippen LogP contribution in [0.4, 0.5) is 0 Å². The molecular weight excluding hydrogens is 450 g/mol. The number of carboxylic acids is 1. The third-order valence-electron chi connectivity index (χ3n) is 5.89. The van der Waals surface area contributed by atoms with Crippen LogP contribution in [0, 0.1) is 5.92 Å². The van der Waals surface area contributed by atoms with E-state index in [2.05, 4.69) is 15.0 Å². The van der Waals surface area contributed by atoms with E-state index in [-0.39, 0.29) is 18.3 Å². The Labute approximate surface area is 195 Å². The summed E-state index contributed by atoms with van der Waals surface area (Å²) in [7, 11) is 0. The molecule has 9 nitrogen and oxygen atoms in total. The average molecular weight is 474 g/mol. The second-order valence-electron chi connectivity index (χ2n) is 8.17. The van der Waals surface area contributed by atoms with Crippen LogP contribution in [-0.2, 0) is 14.3 Å². The van der Waals surface area contributed by atoms with Gasteiger partial charge in [-0.15, -0.1) is 0 Å².